The number of carbonyl (C=O) groups is 2. The van der Waals surface area contributed by atoms with Gasteiger partial charge in [0.25, 0.3) is 0 Å². The van der Waals surface area contributed by atoms with Gasteiger partial charge in [-0.1, -0.05) is 12.1 Å². The summed E-state index contributed by atoms with van der Waals surface area (Å²) in [5.74, 6) is 1.72. The van der Waals surface area contributed by atoms with Gasteiger partial charge in [0, 0.05) is 41.4 Å². The lowest BCUT2D eigenvalue weighted by Gasteiger charge is -2.21. The fraction of sp³-hybridized carbons (Fsp3) is 0.600. The summed E-state index contributed by atoms with van der Waals surface area (Å²) in [7, 11) is 0. The van der Waals surface area contributed by atoms with Crippen LogP contribution < -0.4 is 5.32 Å². The average Bonchev–Trinajstić information content (AvgIpc) is 2.59. The molecular weight excluding hydrogens is 350 g/mol. The normalized spacial score (nSPS) is 15.5. The molecule has 0 bridgehead atoms. The van der Waals surface area contributed by atoms with Gasteiger partial charge in [0.15, 0.2) is 5.78 Å². The molecule has 1 aromatic carbocycles. The van der Waals surface area contributed by atoms with Gasteiger partial charge in [-0.05, 0) is 51.7 Å². The van der Waals surface area contributed by atoms with Crippen molar-refractivity contribution in [2.75, 3.05) is 25.6 Å². The maximum Gasteiger partial charge on any atom is 0.407 e. The van der Waals surface area contributed by atoms with Gasteiger partial charge in [-0.3, -0.25) is 4.79 Å². The summed E-state index contributed by atoms with van der Waals surface area (Å²) in [5.41, 5.74) is 0.318. The van der Waals surface area contributed by atoms with Gasteiger partial charge in [0.2, 0.25) is 0 Å². The number of benzene rings is 1. The second kappa shape index (κ2) is 9.97. The summed E-state index contributed by atoms with van der Waals surface area (Å²) >= 11 is 1.79. The molecule has 0 aromatic heterocycles. The van der Waals surface area contributed by atoms with Crippen LogP contribution in [0.2, 0.25) is 0 Å². The molecule has 0 radical (unpaired) electrons. The third kappa shape index (κ3) is 7.79. The van der Waals surface area contributed by atoms with E-state index in [0.717, 1.165) is 36.7 Å². The minimum Gasteiger partial charge on any atom is -0.449 e. The Balaban J connectivity index is 1.77. The minimum absolute atomic E-state index is 0.0120. The van der Waals surface area contributed by atoms with Crippen LogP contribution in [0.15, 0.2) is 29.2 Å². The van der Waals surface area contributed by atoms with Gasteiger partial charge < -0.3 is 14.8 Å². The zero-order valence-electron chi connectivity index (χ0n) is 15.9. The highest BCUT2D eigenvalue weighted by Gasteiger charge is 2.16. The van der Waals surface area contributed by atoms with E-state index in [1.165, 1.54) is 0 Å². The van der Waals surface area contributed by atoms with E-state index in [-0.39, 0.29) is 24.3 Å². The van der Waals surface area contributed by atoms with Crippen LogP contribution in [0.3, 0.4) is 0 Å². The number of nitrogens with one attached hydrogen (secondary N) is 1. The van der Waals surface area contributed by atoms with Crippen LogP contribution in [0.4, 0.5) is 4.79 Å². The lowest BCUT2D eigenvalue weighted by Crippen LogP contribution is -2.41. The lowest BCUT2D eigenvalue weighted by atomic mass is 10.0. The zero-order chi connectivity index (χ0) is 19.0. The first kappa shape index (κ1) is 20.8. The molecule has 144 valence electrons. The molecule has 2 rings (SSSR count). The van der Waals surface area contributed by atoms with Crippen molar-refractivity contribution in [3.05, 3.63) is 29.8 Å². The Morgan fingerprint density at radius 3 is 2.69 bits per heavy atom. The summed E-state index contributed by atoms with van der Waals surface area (Å²) in [6.07, 6.45) is 1.91. The van der Waals surface area contributed by atoms with Crippen LogP contribution in [0.5, 0.6) is 0 Å². The first-order chi connectivity index (χ1) is 12.3. The number of hydrogen-bond acceptors (Lipinski definition) is 5. The Bertz CT molecular complexity index is 606. The molecule has 1 aliphatic rings. The first-order valence-corrected chi connectivity index (χ1v) is 10.1. The Morgan fingerprint density at radius 1 is 1.27 bits per heavy atom. The molecule has 0 spiro atoms. The molecule has 0 unspecified atom stereocenters. The number of Topliss-reactive ketones (excluding diaryl/α,β-unsaturated/α-hetero) is 1. The van der Waals surface area contributed by atoms with E-state index in [9.17, 15) is 9.59 Å². The Hall–Kier alpha value is -1.53. The standard InChI is InChI=1S/C20H29NO4S/c1-20(2,3)21-19(23)25-12-9-18(22)16-5-4-6-17(13-16)26-14-15-7-10-24-11-8-15/h4-6,13,15H,7-12,14H2,1-3H3,(H,21,23). The van der Waals surface area contributed by atoms with Crippen LogP contribution in [-0.2, 0) is 9.47 Å². The smallest absolute Gasteiger partial charge is 0.407 e. The summed E-state index contributed by atoms with van der Waals surface area (Å²) in [4.78, 5) is 25.0. The van der Waals surface area contributed by atoms with Crippen molar-refractivity contribution < 1.29 is 19.1 Å². The van der Waals surface area contributed by atoms with Crippen LogP contribution >= 0.6 is 11.8 Å². The molecule has 1 fully saturated rings. The molecule has 1 amide bonds. The molecule has 26 heavy (non-hydrogen) atoms. The van der Waals surface area contributed by atoms with E-state index >= 15 is 0 Å². The number of amides is 1. The lowest BCUT2D eigenvalue weighted by molar-refractivity contribution is 0.0728. The number of carbonyl (C=O) groups excluding carboxylic acids is 2. The number of alkyl carbamates (subject to hydrolysis) is 1. The minimum atomic E-state index is -0.494. The molecule has 0 aliphatic carbocycles. The number of thioether (sulfide) groups is 1. The van der Waals surface area contributed by atoms with E-state index in [1.807, 2.05) is 45.0 Å². The van der Waals surface area contributed by atoms with E-state index in [0.29, 0.717) is 11.5 Å². The molecule has 1 aliphatic heterocycles. The van der Waals surface area contributed by atoms with Gasteiger partial charge in [0.05, 0.1) is 0 Å². The summed E-state index contributed by atoms with van der Waals surface area (Å²) in [6, 6.07) is 7.69. The van der Waals surface area contributed by atoms with Gasteiger partial charge in [-0.15, -0.1) is 11.8 Å². The van der Waals surface area contributed by atoms with E-state index in [1.54, 1.807) is 11.8 Å². The first-order valence-electron chi connectivity index (χ1n) is 9.12. The van der Waals surface area contributed by atoms with Crippen LogP contribution in [0.25, 0.3) is 0 Å². The van der Waals surface area contributed by atoms with Gasteiger partial charge in [-0.25, -0.2) is 4.79 Å². The van der Waals surface area contributed by atoms with Crippen molar-refractivity contribution in [1.82, 2.24) is 5.32 Å². The topological polar surface area (TPSA) is 64.6 Å². The van der Waals surface area contributed by atoms with E-state index < -0.39 is 6.09 Å². The van der Waals surface area contributed by atoms with E-state index in [2.05, 4.69) is 5.32 Å². The molecule has 0 atom stereocenters. The van der Waals surface area contributed by atoms with Gasteiger partial charge in [-0.2, -0.15) is 0 Å². The van der Waals surface area contributed by atoms with Crippen LogP contribution in [0, 0.1) is 5.92 Å². The Kier molecular flexibility index (Phi) is 7.97. The van der Waals surface area contributed by atoms with Gasteiger partial charge in [0.1, 0.15) is 6.61 Å². The van der Waals surface area contributed by atoms with Crippen LogP contribution in [0.1, 0.15) is 50.4 Å². The fourth-order valence-electron chi connectivity index (χ4n) is 2.61. The number of ether oxygens (including phenoxy) is 2. The zero-order valence-corrected chi connectivity index (χ0v) is 16.7. The highest BCUT2D eigenvalue weighted by Crippen LogP contribution is 2.26. The number of rotatable bonds is 7. The van der Waals surface area contributed by atoms with E-state index in [4.69, 9.17) is 9.47 Å². The SMILES string of the molecule is CC(C)(C)NC(=O)OCCC(=O)c1cccc(SCC2CCOCC2)c1. The molecule has 1 N–H and O–H groups in total. The monoisotopic (exact) mass is 379 g/mol. The molecule has 1 saturated heterocycles. The number of hydrogen-bond donors (Lipinski definition) is 1. The second-order valence-corrected chi connectivity index (χ2v) is 8.67. The summed E-state index contributed by atoms with van der Waals surface area (Å²) in [6.45, 7) is 7.42. The second-order valence-electron chi connectivity index (χ2n) is 7.58. The molecule has 0 saturated carbocycles. The maximum absolute atomic E-state index is 12.3. The van der Waals surface area contributed by atoms with Gasteiger partial charge >= 0.3 is 6.09 Å². The highest BCUT2D eigenvalue weighted by atomic mass is 32.2. The van der Waals surface area contributed by atoms with Crippen molar-refractivity contribution >= 4 is 23.6 Å². The van der Waals surface area contributed by atoms with Crippen molar-refractivity contribution in [1.29, 1.82) is 0 Å². The van der Waals surface area contributed by atoms with Crippen molar-refractivity contribution in [2.45, 2.75) is 50.5 Å². The quantitative estimate of drug-likeness (QED) is 0.565. The predicted octanol–water partition coefficient (Wildman–Crippen LogP) is 4.30. The molecule has 6 heteroatoms. The summed E-state index contributed by atoms with van der Waals surface area (Å²) in [5, 5.41) is 2.70. The van der Waals surface area contributed by atoms with Crippen molar-refractivity contribution in [3.8, 4) is 0 Å². The maximum atomic E-state index is 12.3. The molecule has 1 heterocycles. The third-order valence-corrected chi connectivity index (χ3v) is 5.25. The number of ketones is 1. The van der Waals surface area contributed by atoms with Crippen molar-refractivity contribution in [2.24, 2.45) is 5.92 Å². The molecular formula is C20H29NO4S. The Morgan fingerprint density at radius 2 is 2.00 bits per heavy atom. The van der Waals surface area contributed by atoms with Crippen LogP contribution in [-0.4, -0.2) is 43.0 Å². The highest BCUT2D eigenvalue weighted by molar-refractivity contribution is 7.99. The van der Waals surface area contributed by atoms with Crippen molar-refractivity contribution in [3.63, 3.8) is 0 Å². The largest absolute Gasteiger partial charge is 0.449 e. The third-order valence-electron chi connectivity index (χ3n) is 4.02. The fourth-order valence-corrected chi connectivity index (χ4v) is 3.76. The summed E-state index contributed by atoms with van der Waals surface area (Å²) < 4.78 is 10.5. The Labute approximate surface area is 160 Å². The average molecular weight is 380 g/mol. The molecule has 5 nitrogen and oxygen atoms in total. The molecule has 1 aromatic rings. The predicted molar refractivity (Wildman–Crippen MR) is 104 cm³/mol.